The molecule has 0 bridgehead atoms. The number of ether oxygens (including phenoxy) is 1. The van der Waals surface area contributed by atoms with Gasteiger partial charge in [0.15, 0.2) is 0 Å². The Labute approximate surface area is 169 Å². The topological polar surface area (TPSA) is 44.8 Å². The summed E-state index contributed by atoms with van der Waals surface area (Å²) in [7, 11) is 4.07. The number of nitrogens with zero attached hydrogens (tertiary/aromatic N) is 2. The highest BCUT2D eigenvalue weighted by Gasteiger charge is 2.23. The van der Waals surface area contributed by atoms with Gasteiger partial charge < -0.3 is 15.0 Å². The van der Waals surface area contributed by atoms with E-state index in [1.807, 2.05) is 38.4 Å². The Morgan fingerprint density at radius 2 is 1.81 bits per heavy atom. The maximum atomic E-state index is 12.6. The molecule has 1 heterocycles. The molecule has 2 aromatic rings. The van der Waals surface area contributed by atoms with E-state index in [1.165, 1.54) is 5.56 Å². The normalized spacial score (nSPS) is 16.0. The number of carbonyl (C=O) groups excluding carboxylic acids is 1. The number of rotatable bonds is 6. The van der Waals surface area contributed by atoms with Crippen molar-refractivity contribution in [3.63, 3.8) is 0 Å². The quantitative estimate of drug-likeness (QED) is 0.761. The Bertz CT molecular complexity index is 758. The standard InChI is InChI=1S/C21H26BrN3O2/c1-24(2)17-9-7-16(8-10-17)20(25-11-13-27-14-12-25)15-23-21(26)18-5-3-4-6-19(18)22/h3-10,20H,11-15H2,1-2H3,(H,23,26)/t20-/m0/s1. The molecule has 1 amide bonds. The van der Waals surface area contributed by atoms with Crippen LogP contribution in [0.5, 0.6) is 0 Å². The Kier molecular flexibility index (Phi) is 6.88. The molecular formula is C21H26BrN3O2. The maximum Gasteiger partial charge on any atom is 0.252 e. The summed E-state index contributed by atoms with van der Waals surface area (Å²) in [5, 5.41) is 3.11. The average molecular weight is 432 g/mol. The predicted molar refractivity (Wildman–Crippen MR) is 112 cm³/mol. The molecule has 0 aliphatic carbocycles. The smallest absolute Gasteiger partial charge is 0.252 e. The third kappa shape index (κ3) is 5.09. The molecule has 144 valence electrons. The van der Waals surface area contributed by atoms with Gasteiger partial charge in [-0.25, -0.2) is 0 Å². The number of amides is 1. The van der Waals surface area contributed by atoms with Crippen molar-refractivity contribution < 1.29 is 9.53 Å². The fourth-order valence-electron chi connectivity index (χ4n) is 3.27. The van der Waals surface area contributed by atoms with E-state index < -0.39 is 0 Å². The summed E-state index contributed by atoms with van der Waals surface area (Å²) in [4.78, 5) is 17.1. The van der Waals surface area contributed by atoms with Crippen LogP contribution in [0.1, 0.15) is 22.0 Å². The minimum atomic E-state index is -0.0642. The third-order valence-electron chi connectivity index (χ3n) is 4.86. The van der Waals surface area contributed by atoms with E-state index >= 15 is 0 Å². The van der Waals surface area contributed by atoms with Crippen LogP contribution in [0.2, 0.25) is 0 Å². The number of halogens is 1. The SMILES string of the molecule is CN(C)c1ccc([C@H](CNC(=O)c2ccccc2Br)N2CCOCC2)cc1. The van der Waals surface area contributed by atoms with Crippen molar-refractivity contribution in [3.8, 4) is 0 Å². The van der Waals surface area contributed by atoms with Gasteiger partial charge in [-0.3, -0.25) is 9.69 Å². The highest BCUT2D eigenvalue weighted by molar-refractivity contribution is 9.10. The second kappa shape index (κ2) is 9.35. The molecule has 1 atom stereocenters. The molecule has 6 heteroatoms. The molecule has 0 aromatic heterocycles. The number of hydrogen-bond donors (Lipinski definition) is 1. The molecule has 1 saturated heterocycles. The van der Waals surface area contributed by atoms with Gasteiger partial charge in [-0.05, 0) is 45.8 Å². The Morgan fingerprint density at radius 1 is 1.15 bits per heavy atom. The Morgan fingerprint density at radius 3 is 2.44 bits per heavy atom. The number of morpholine rings is 1. The number of benzene rings is 2. The number of carbonyl (C=O) groups is 1. The van der Waals surface area contributed by atoms with Crippen LogP contribution in [0, 0.1) is 0 Å². The summed E-state index contributed by atoms with van der Waals surface area (Å²) >= 11 is 3.45. The summed E-state index contributed by atoms with van der Waals surface area (Å²) in [5.41, 5.74) is 3.02. The molecule has 0 spiro atoms. The minimum Gasteiger partial charge on any atom is -0.379 e. The molecular weight excluding hydrogens is 406 g/mol. The number of hydrogen-bond acceptors (Lipinski definition) is 4. The van der Waals surface area contributed by atoms with Crippen molar-refractivity contribution in [2.24, 2.45) is 0 Å². The van der Waals surface area contributed by atoms with Crippen LogP contribution in [0.25, 0.3) is 0 Å². The lowest BCUT2D eigenvalue weighted by molar-refractivity contribution is 0.0162. The van der Waals surface area contributed by atoms with Gasteiger partial charge in [0.05, 0.1) is 24.8 Å². The van der Waals surface area contributed by atoms with E-state index in [1.54, 1.807) is 0 Å². The van der Waals surface area contributed by atoms with E-state index in [-0.39, 0.29) is 11.9 Å². The van der Waals surface area contributed by atoms with E-state index in [0.717, 1.165) is 36.5 Å². The molecule has 0 radical (unpaired) electrons. The number of anilines is 1. The monoisotopic (exact) mass is 431 g/mol. The Balaban J connectivity index is 1.75. The fraction of sp³-hybridized carbons (Fsp3) is 0.381. The van der Waals surface area contributed by atoms with Gasteiger partial charge in [0.2, 0.25) is 0 Å². The predicted octanol–water partition coefficient (Wildman–Crippen LogP) is 3.32. The second-order valence-corrected chi connectivity index (χ2v) is 7.69. The van der Waals surface area contributed by atoms with Gasteiger partial charge in [0, 0.05) is 43.9 Å². The van der Waals surface area contributed by atoms with Crippen LogP contribution in [0.3, 0.4) is 0 Å². The second-order valence-electron chi connectivity index (χ2n) is 6.84. The zero-order valence-electron chi connectivity index (χ0n) is 15.8. The van der Waals surface area contributed by atoms with Gasteiger partial charge in [-0.2, -0.15) is 0 Å². The minimum absolute atomic E-state index is 0.0642. The van der Waals surface area contributed by atoms with Crippen molar-refractivity contribution >= 4 is 27.5 Å². The van der Waals surface area contributed by atoms with Crippen molar-refractivity contribution in [3.05, 3.63) is 64.1 Å². The maximum absolute atomic E-state index is 12.6. The first-order valence-corrected chi connectivity index (χ1v) is 9.97. The fourth-order valence-corrected chi connectivity index (χ4v) is 3.74. The first kappa shape index (κ1) is 19.9. The molecule has 0 unspecified atom stereocenters. The highest BCUT2D eigenvalue weighted by atomic mass is 79.9. The van der Waals surface area contributed by atoms with Crippen LogP contribution in [0.4, 0.5) is 5.69 Å². The Hall–Kier alpha value is -1.89. The van der Waals surface area contributed by atoms with Crippen LogP contribution < -0.4 is 10.2 Å². The van der Waals surface area contributed by atoms with Crippen molar-refractivity contribution in [1.29, 1.82) is 0 Å². The lowest BCUT2D eigenvalue weighted by Gasteiger charge is -2.35. The molecule has 5 nitrogen and oxygen atoms in total. The van der Waals surface area contributed by atoms with Crippen LogP contribution in [-0.4, -0.2) is 57.8 Å². The highest BCUT2D eigenvalue weighted by Crippen LogP contribution is 2.24. The summed E-state index contributed by atoms with van der Waals surface area (Å²) in [5.74, 6) is -0.0642. The lowest BCUT2D eigenvalue weighted by Crippen LogP contribution is -2.43. The van der Waals surface area contributed by atoms with Crippen molar-refractivity contribution in [1.82, 2.24) is 10.2 Å². The van der Waals surface area contributed by atoms with Crippen molar-refractivity contribution in [2.75, 3.05) is 51.8 Å². The summed E-state index contributed by atoms with van der Waals surface area (Å²) in [6, 6.07) is 16.2. The molecule has 1 N–H and O–H groups in total. The first-order chi connectivity index (χ1) is 13.1. The van der Waals surface area contributed by atoms with Crippen LogP contribution in [-0.2, 0) is 4.74 Å². The lowest BCUT2D eigenvalue weighted by atomic mass is 10.0. The third-order valence-corrected chi connectivity index (χ3v) is 5.55. The molecule has 2 aromatic carbocycles. The molecule has 1 aliphatic heterocycles. The van der Waals surface area contributed by atoms with Gasteiger partial charge in [-0.1, -0.05) is 24.3 Å². The number of nitrogens with one attached hydrogen (secondary N) is 1. The summed E-state index contributed by atoms with van der Waals surface area (Å²) in [6.07, 6.45) is 0. The van der Waals surface area contributed by atoms with E-state index in [2.05, 4.69) is 55.3 Å². The van der Waals surface area contributed by atoms with Crippen molar-refractivity contribution in [2.45, 2.75) is 6.04 Å². The largest absolute Gasteiger partial charge is 0.379 e. The van der Waals surface area contributed by atoms with Crippen LogP contribution >= 0.6 is 15.9 Å². The van der Waals surface area contributed by atoms with E-state index in [0.29, 0.717) is 12.1 Å². The molecule has 0 saturated carbocycles. The van der Waals surface area contributed by atoms with E-state index in [9.17, 15) is 4.79 Å². The zero-order valence-corrected chi connectivity index (χ0v) is 17.4. The zero-order chi connectivity index (χ0) is 19.2. The van der Waals surface area contributed by atoms with Gasteiger partial charge in [0.1, 0.15) is 0 Å². The first-order valence-electron chi connectivity index (χ1n) is 9.18. The van der Waals surface area contributed by atoms with E-state index in [4.69, 9.17) is 4.74 Å². The molecule has 1 fully saturated rings. The summed E-state index contributed by atoms with van der Waals surface area (Å²) < 4.78 is 6.31. The van der Waals surface area contributed by atoms with Crippen LogP contribution in [0.15, 0.2) is 53.0 Å². The van der Waals surface area contributed by atoms with Gasteiger partial charge >= 0.3 is 0 Å². The molecule has 27 heavy (non-hydrogen) atoms. The summed E-state index contributed by atoms with van der Waals surface area (Å²) in [6.45, 7) is 3.74. The molecule has 1 aliphatic rings. The molecule has 3 rings (SSSR count). The van der Waals surface area contributed by atoms with Gasteiger partial charge in [0.25, 0.3) is 5.91 Å². The average Bonchev–Trinajstić information content (AvgIpc) is 2.69. The van der Waals surface area contributed by atoms with Gasteiger partial charge in [-0.15, -0.1) is 0 Å².